The van der Waals surface area contributed by atoms with E-state index < -0.39 is 0 Å². The van der Waals surface area contributed by atoms with E-state index in [-0.39, 0.29) is 0 Å². The second-order valence-electron chi connectivity index (χ2n) is 4.43. The van der Waals surface area contributed by atoms with Crippen molar-refractivity contribution in [3.05, 3.63) is 59.1 Å². The topological polar surface area (TPSA) is 21.3 Å². The summed E-state index contributed by atoms with van der Waals surface area (Å²) in [5.74, 6) is 0.765. The van der Waals surface area contributed by atoms with Crippen LogP contribution in [-0.4, -0.2) is 13.2 Å². The lowest BCUT2D eigenvalue weighted by Crippen LogP contribution is -2.07. The van der Waals surface area contributed by atoms with Crippen LogP contribution < -0.4 is 10.1 Å². The molecule has 0 saturated heterocycles. The summed E-state index contributed by atoms with van der Waals surface area (Å²) in [6.45, 7) is 3.57. The Bertz CT molecular complexity index is 513. The number of rotatable bonds is 6. The first-order chi connectivity index (χ1) is 9.25. The van der Waals surface area contributed by atoms with Gasteiger partial charge in [-0.2, -0.15) is 0 Å². The predicted molar refractivity (Wildman–Crippen MR) is 81.2 cm³/mol. The number of halogens is 1. The summed E-state index contributed by atoms with van der Waals surface area (Å²) >= 11 is 6.06. The van der Waals surface area contributed by atoms with Crippen molar-refractivity contribution < 1.29 is 4.74 Å². The number of hydrogen-bond acceptors (Lipinski definition) is 2. The molecule has 0 spiro atoms. The lowest BCUT2D eigenvalue weighted by atomic mass is 10.2. The van der Waals surface area contributed by atoms with Gasteiger partial charge < -0.3 is 10.1 Å². The first-order valence-corrected chi connectivity index (χ1v) is 6.81. The Hall–Kier alpha value is -1.67. The highest BCUT2D eigenvalue weighted by molar-refractivity contribution is 6.32. The van der Waals surface area contributed by atoms with Crippen molar-refractivity contribution in [2.45, 2.75) is 13.3 Å². The third kappa shape index (κ3) is 4.49. The zero-order valence-corrected chi connectivity index (χ0v) is 11.8. The normalized spacial score (nSPS) is 10.2. The zero-order chi connectivity index (χ0) is 13.5. The fourth-order valence-electron chi connectivity index (χ4n) is 1.76. The Balaban J connectivity index is 1.71. The van der Waals surface area contributed by atoms with E-state index in [1.54, 1.807) is 0 Å². The molecule has 0 radical (unpaired) electrons. The van der Waals surface area contributed by atoms with Gasteiger partial charge in [-0.15, -0.1) is 0 Å². The molecule has 0 atom stereocenters. The molecule has 0 unspecified atom stereocenters. The average Bonchev–Trinajstić information content (AvgIpc) is 2.43. The highest BCUT2D eigenvalue weighted by Gasteiger charge is 2.01. The van der Waals surface area contributed by atoms with Gasteiger partial charge in [0.2, 0.25) is 0 Å². The van der Waals surface area contributed by atoms with Gasteiger partial charge in [0.05, 0.1) is 11.6 Å². The van der Waals surface area contributed by atoms with Gasteiger partial charge in [-0.1, -0.05) is 35.9 Å². The standard InChI is InChI=1S/C16H18ClNO/c1-13-8-9-15(17)16(12-13)19-11-5-10-18-14-6-3-2-4-7-14/h2-4,6-9,12,18H,5,10-11H2,1H3. The van der Waals surface area contributed by atoms with Crippen molar-refractivity contribution in [2.24, 2.45) is 0 Å². The van der Waals surface area contributed by atoms with E-state index in [0.717, 1.165) is 30.0 Å². The molecular formula is C16H18ClNO. The molecule has 0 saturated carbocycles. The molecule has 0 heterocycles. The van der Waals surface area contributed by atoms with Crippen molar-refractivity contribution in [3.8, 4) is 5.75 Å². The molecule has 0 amide bonds. The quantitative estimate of drug-likeness (QED) is 0.782. The third-order valence-electron chi connectivity index (χ3n) is 2.77. The average molecular weight is 276 g/mol. The number of aryl methyl sites for hydroxylation is 1. The summed E-state index contributed by atoms with van der Waals surface area (Å²) < 4.78 is 5.68. The summed E-state index contributed by atoms with van der Waals surface area (Å²) in [6.07, 6.45) is 0.930. The van der Waals surface area contributed by atoms with Crippen LogP contribution in [0.4, 0.5) is 5.69 Å². The fraction of sp³-hybridized carbons (Fsp3) is 0.250. The molecule has 2 rings (SSSR count). The van der Waals surface area contributed by atoms with E-state index in [2.05, 4.69) is 17.4 Å². The molecule has 0 aromatic heterocycles. The maximum Gasteiger partial charge on any atom is 0.138 e. The lowest BCUT2D eigenvalue weighted by Gasteiger charge is -2.10. The summed E-state index contributed by atoms with van der Waals surface area (Å²) in [6, 6.07) is 16.0. The molecular weight excluding hydrogens is 258 g/mol. The van der Waals surface area contributed by atoms with Crippen molar-refractivity contribution >= 4 is 17.3 Å². The Kier molecular flexibility index (Phi) is 5.10. The number of ether oxygens (including phenoxy) is 1. The molecule has 0 aliphatic rings. The number of benzene rings is 2. The highest BCUT2D eigenvalue weighted by atomic mass is 35.5. The van der Waals surface area contributed by atoms with Gasteiger partial charge in [0.15, 0.2) is 0 Å². The summed E-state index contributed by atoms with van der Waals surface area (Å²) in [5.41, 5.74) is 2.29. The Morgan fingerprint density at radius 1 is 1.11 bits per heavy atom. The van der Waals surface area contributed by atoms with E-state index in [1.807, 2.05) is 43.3 Å². The summed E-state index contributed by atoms with van der Waals surface area (Å²) in [7, 11) is 0. The largest absolute Gasteiger partial charge is 0.492 e. The maximum absolute atomic E-state index is 6.06. The van der Waals surface area contributed by atoms with Gasteiger partial charge >= 0.3 is 0 Å². The summed E-state index contributed by atoms with van der Waals surface area (Å²) in [5, 5.41) is 4.01. The molecule has 2 aromatic carbocycles. The van der Waals surface area contributed by atoms with Gasteiger partial charge in [0.1, 0.15) is 5.75 Å². The van der Waals surface area contributed by atoms with Crippen LogP contribution in [0.15, 0.2) is 48.5 Å². The third-order valence-corrected chi connectivity index (χ3v) is 3.08. The second-order valence-corrected chi connectivity index (χ2v) is 4.84. The second kappa shape index (κ2) is 7.05. The monoisotopic (exact) mass is 275 g/mol. The number of hydrogen-bond donors (Lipinski definition) is 1. The zero-order valence-electron chi connectivity index (χ0n) is 11.0. The van der Waals surface area contributed by atoms with Crippen LogP contribution >= 0.6 is 11.6 Å². The molecule has 0 bridgehead atoms. The van der Waals surface area contributed by atoms with Gasteiger partial charge in [0, 0.05) is 12.2 Å². The number of anilines is 1. The minimum absolute atomic E-state index is 0.656. The van der Waals surface area contributed by atoms with Crippen LogP contribution in [0.25, 0.3) is 0 Å². The number of para-hydroxylation sites is 1. The van der Waals surface area contributed by atoms with E-state index in [1.165, 1.54) is 0 Å². The van der Waals surface area contributed by atoms with Gasteiger partial charge in [0.25, 0.3) is 0 Å². The lowest BCUT2D eigenvalue weighted by molar-refractivity contribution is 0.315. The van der Waals surface area contributed by atoms with Gasteiger partial charge in [-0.25, -0.2) is 0 Å². The molecule has 0 aliphatic heterocycles. The Morgan fingerprint density at radius 3 is 2.68 bits per heavy atom. The smallest absolute Gasteiger partial charge is 0.138 e. The minimum Gasteiger partial charge on any atom is -0.492 e. The van der Waals surface area contributed by atoms with Crippen molar-refractivity contribution in [1.29, 1.82) is 0 Å². The molecule has 0 aliphatic carbocycles. The highest BCUT2D eigenvalue weighted by Crippen LogP contribution is 2.25. The van der Waals surface area contributed by atoms with Crippen LogP contribution in [0.1, 0.15) is 12.0 Å². The van der Waals surface area contributed by atoms with Crippen molar-refractivity contribution in [3.63, 3.8) is 0 Å². The van der Waals surface area contributed by atoms with E-state index in [0.29, 0.717) is 11.6 Å². The van der Waals surface area contributed by atoms with Crippen LogP contribution in [-0.2, 0) is 0 Å². The number of nitrogens with one attached hydrogen (secondary N) is 1. The minimum atomic E-state index is 0.656. The van der Waals surface area contributed by atoms with Crippen LogP contribution in [0.3, 0.4) is 0 Å². The first-order valence-electron chi connectivity index (χ1n) is 6.43. The van der Waals surface area contributed by atoms with E-state index >= 15 is 0 Å². The Labute approximate surface area is 119 Å². The SMILES string of the molecule is Cc1ccc(Cl)c(OCCCNc2ccccc2)c1. The molecule has 1 N–H and O–H groups in total. The molecule has 2 aromatic rings. The van der Waals surface area contributed by atoms with Crippen LogP contribution in [0.2, 0.25) is 5.02 Å². The van der Waals surface area contributed by atoms with Crippen LogP contribution in [0, 0.1) is 6.92 Å². The molecule has 2 nitrogen and oxygen atoms in total. The van der Waals surface area contributed by atoms with Gasteiger partial charge in [-0.3, -0.25) is 0 Å². The molecule has 3 heteroatoms. The van der Waals surface area contributed by atoms with Crippen molar-refractivity contribution in [1.82, 2.24) is 0 Å². The fourth-order valence-corrected chi connectivity index (χ4v) is 1.94. The molecule has 100 valence electrons. The van der Waals surface area contributed by atoms with E-state index in [9.17, 15) is 0 Å². The molecule has 0 fully saturated rings. The van der Waals surface area contributed by atoms with Crippen molar-refractivity contribution in [2.75, 3.05) is 18.5 Å². The van der Waals surface area contributed by atoms with E-state index in [4.69, 9.17) is 16.3 Å². The molecule has 19 heavy (non-hydrogen) atoms. The Morgan fingerprint density at radius 2 is 1.89 bits per heavy atom. The first kappa shape index (κ1) is 13.8. The predicted octanol–water partition coefficient (Wildman–Crippen LogP) is 4.53. The maximum atomic E-state index is 6.06. The van der Waals surface area contributed by atoms with Gasteiger partial charge in [-0.05, 0) is 43.2 Å². The summed E-state index contributed by atoms with van der Waals surface area (Å²) in [4.78, 5) is 0. The van der Waals surface area contributed by atoms with Crippen LogP contribution in [0.5, 0.6) is 5.75 Å².